The molecule has 0 radical (unpaired) electrons. The van der Waals surface area contributed by atoms with Crippen LogP contribution in [0.4, 0.5) is 4.39 Å². The molecule has 0 saturated heterocycles. The van der Waals surface area contributed by atoms with Crippen molar-refractivity contribution < 1.29 is 4.39 Å². The monoisotopic (exact) mass is 297 g/mol. The molecule has 0 atom stereocenters. The maximum absolute atomic E-state index is 13.5. The minimum Gasteiger partial charge on any atom is -0.336 e. The lowest BCUT2D eigenvalue weighted by atomic mass is 10.2. The summed E-state index contributed by atoms with van der Waals surface area (Å²) in [6, 6.07) is 5.10. The van der Waals surface area contributed by atoms with E-state index in [1.165, 1.54) is 6.07 Å². The average molecular weight is 298 g/mol. The summed E-state index contributed by atoms with van der Waals surface area (Å²) in [4.78, 5) is 3.95. The van der Waals surface area contributed by atoms with Crippen LogP contribution in [0.2, 0.25) is 0 Å². The predicted octanol–water partition coefficient (Wildman–Crippen LogP) is 2.57. The SMILES string of the molecule is Fc1cc(Br)ccc1CNCCn1ccnc1. The van der Waals surface area contributed by atoms with Crippen LogP contribution < -0.4 is 5.32 Å². The van der Waals surface area contributed by atoms with Crippen LogP contribution in [0, 0.1) is 5.82 Å². The highest BCUT2D eigenvalue weighted by Gasteiger charge is 2.01. The number of nitrogens with one attached hydrogen (secondary N) is 1. The second-order valence-electron chi connectivity index (χ2n) is 3.71. The zero-order valence-corrected chi connectivity index (χ0v) is 10.8. The van der Waals surface area contributed by atoms with Crippen LogP contribution in [0.15, 0.2) is 41.4 Å². The molecule has 1 aromatic carbocycles. The zero-order valence-electron chi connectivity index (χ0n) is 9.24. The third-order valence-corrected chi connectivity index (χ3v) is 2.93. The molecular weight excluding hydrogens is 285 g/mol. The van der Waals surface area contributed by atoms with Gasteiger partial charge in [-0.25, -0.2) is 9.37 Å². The molecule has 0 fully saturated rings. The van der Waals surface area contributed by atoms with E-state index in [9.17, 15) is 4.39 Å². The maximum atomic E-state index is 13.5. The van der Waals surface area contributed by atoms with Gasteiger partial charge in [-0.1, -0.05) is 22.0 Å². The first kappa shape index (κ1) is 12.3. The Hall–Kier alpha value is -1.20. The van der Waals surface area contributed by atoms with Gasteiger partial charge in [0.2, 0.25) is 0 Å². The van der Waals surface area contributed by atoms with Gasteiger partial charge in [0.25, 0.3) is 0 Å². The molecule has 0 saturated carbocycles. The first-order chi connectivity index (χ1) is 8.25. The number of halogens is 2. The van der Waals surface area contributed by atoms with Crippen LogP contribution in [-0.2, 0) is 13.1 Å². The molecule has 3 nitrogen and oxygen atoms in total. The highest BCUT2D eigenvalue weighted by atomic mass is 79.9. The Balaban J connectivity index is 1.78. The second-order valence-corrected chi connectivity index (χ2v) is 4.63. The van der Waals surface area contributed by atoms with E-state index >= 15 is 0 Å². The Morgan fingerprint density at radius 1 is 1.41 bits per heavy atom. The van der Waals surface area contributed by atoms with Gasteiger partial charge >= 0.3 is 0 Å². The van der Waals surface area contributed by atoms with Crippen LogP contribution in [-0.4, -0.2) is 16.1 Å². The Morgan fingerprint density at radius 3 is 3.00 bits per heavy atom. The molecule has 0 aliphatic carbocycles. The number of nitrogens with zero attached hydrogens (tertiary/aromatic N) is 2. The van der Waals surface area contributed by atoms with Gasteiger partial charge in [0.05, 0.1) is 6.33 Å². The Kier molecular flexibility index (Phi) is 4.28. The van der Waals surface area contributed by atoms with Crippen molar-refractivity contribution in [1.29, 1.82) is 0 Å². The van der Waals surface area contributed by atoms with E-state index in [-0.39, 0.29) is 5.82 Å². The summed E-state index contributed by atoms with van der Waals surface area (Å²) >= 11 is 3.23. The summed E-state index contributed by atoms with van der Waals surface area (Å²) in [6.07, 6.45) is 5.41. The Morgan fingerprint density at radius 2 is 2.29 bits per heavy atom. The zero-order chi connectivity index (χ0) is 12.1. The van der Waals surface area contributed by atoms with Crippen LogP contribution >= 0.6 is 15.9 Å². The molecule has 90 valence electrons. The number of imidazole rings is 1. The van der Waals surface area contributed by atoms with Gasteiger partial charge in [-0.05, 0) is 12.1 Å². The lowest BCUT2D eigenvalue weighted by Crippen LogP contribution is -2.19. The molecule has 0 amide bonds. The van der Waals surface area contributed by atoms with Crippen molar-refractivity contribution in [3.63, 3.8) is 0 Å². The second kappa shape index (κ2) is 5.93. The van der Waals surface area contributed by atoms with Crippen molar-refractivity contribution in [2.75, 3.05) is 6.54 Å². The van der Waals surface area contributed by atoms with Gasteiger partial charge < -0.3 is 9.88 Å². The summed E-state index contributed by atoms with van der Waals surface area (Å²) in [7, 11) is 0. The van der Waals surface area contributed by atoms with E-state index < -0.39 is 0 Å². The largest absolute Gasteiger partial charge is 0.336 e. The minimum absolute atomic E-state index is 0.186. The van der Waals surface area contributed by atoms with E-state index in [2.05, 4.69) is 26.2 Å². The summed E-state index contributed by atoms with van der Waals surface area (Å²) in [5, 5.41) is 3.20. The quantitative estimate of drug-likeness (QED) is 0.860. The topological polar surface area (TPSA) is 29.9 Å². The van der Waals surface area contributed by atoms with E-state index in [0.29, 0.717) is 12.1 Å². The fourth-order valence-electron chi connectivity index (χ4n) is 1.52. The number of hydrogen-bond acceptors (Lipinski definition) is 2. The van der Waals surface area contributed by atoms with Crippen molar-refractivity contribution in [3.05, 3.63) is 52.8 Å². The average Bonchev–Trinajstić information content (AvgIpc) is 2.79. The third-order valence-electron chi connectivity index (χ3n) is 2.44. The van der Waals surface area contributed by atoms with Crippen molar-refractivity contribution in [1.82, 2.24) is 14.9 Å². The molecule has 0 spiro atoms. The van der Waals surface area contributed by atoms with Gasteiger partial charge in [0.15, 0.2) is 0 Å². The third kappa shape index (κ3) is 3.64. The first-order valence-corrected chi connectivity index (χ1v) is 6.15. The standard InChI is InChI=1S/C12H13BrFN3/c13-11-2-1-10(12(14)7-11)8-15-3-5-17-6-4-16-9-17/h1-2,4,6-7,9,15H,3,5,8H2. The molecule has 17 heavy (non-hydrogen) atoms. The molecule has 0 aliphatic heterocycles. The first-order valence-electron chi connectivity index (χ1n) is 5.36. The van der Waals surface area contributed by atoms with E-state index in [1.807, 2.05) is 16.8 Å². The molecule has 1 N–H and O–H groups in total. The molecule has 2 rings (SSSR count). The number of aromatic nitrogens is 2. The molecule has 0 aliphatic rings. The Bertz CT molecular complexity index is 471. The van der Waals surface area contributed by atoms with E-state index in [4.69, 9.17) is 0 Å². The fourth-order valence-corrected chi connectivity index (χ4v) is 1.85. The van der Waals surface area contributed by atoms with Crippen LogP contribution in [0.1, 0.15) is 5.56 Å². The summed E-state index contributed by atoms with van der Waals surface area (Å²) in [5.74, 6) is -0.186. The van der Waals surface area contributed by atoms with Gasteiger partial charge in [0, 0.05) is 42.1 Å². The van der Waals surface area contributed by atoms with Gasteiger partial charge in [-0.3, -0.25) is 0 Å². The molecular formula is C12H13BrFN3. The normalized spacial score (nSPS) is 10.7. The number of hydrogen-bond donors (Lipinski definition) is 1. The minimum atomic E-state index is -0.186. The summed E-state index contributed by atoms with van der Waals surface area (Å²) in [5.41, 5.74) is 0.679. The predicted molar refractivity (Wildman–Crippen MR) is 68.0 cm³/mol. The summed E-state index contributed by atoms with van der Waals surface area (Å²) < 4.78 is 16.2. The Labute approximate surface area is 108 Å². The fraction of sp³-hybridized carbons (Fsp3) is 0.250. The number of benzene rings is 1. The highest BCUT2D eigenvalue weighted by molar-refractivity contribution is 9.10. The van der Waals surface area contributed by atoms with Crippen LogP contribution in [0.5, 0.6) is 0 Å². The molecule has 1 aromatic heterocycles. The van der Waals surface area contributed by atoms with Crippen molar-refractivity contribution >= 4 is 15.9 Å². The van der Waals surface area contributed by atoms with Crippen molar-refractivity contribution in [2.45, 2.75) is 13.1 Å². The highest BCUT2D eigenvalue weighted by Crippen LogP contribution is 2.14. The lowest BCUT2D eigenvalue weighted by molar-refractivity contribution is 0.564. The van der Waals surface area contributed by atoms with Gasteiger partial charge in [-0.15, -0.1) is 0 Å². The molecule has 1 heterocycles. The molecule has 0 bridgehead atoms. The van der Waals surface area contributed by atoms with Gasteiger partial charge in [-0.2, -0.15) is 0 Å². The van der Waals surface area contributed by atoms with Crippen LogP contribution in [0.3, 0.4) is 0 Å². The van der Waals surface area contributed by atoms with Gasteiger partial charge in [0.1, 0.15) is 5.82 Å². The lowest BCUT2D eigenvalue weighted by Gasteiger charge is -2.06. The maximum Gasteiger partial charge on any atom is 0.128 e. The summed E-state index contributed by atoms with van der Waals surface area (Å²) in [6.45, 7) is 2.15. The van der Waals surface area contributed by atoms with Crippen LogP contribution in [0.25, 0.3) is 0 Å². The van der Waals surface area contributed by atoms with E-state index in [1.54, 1.807) is 18.6 Å². The molecule has 0 unspecified atom stereocenters. The molecule has 5 heteroatoms. The van der Waals surface area contributed by atoms with Crippen molar-refractivity contribution in [2.24, 2.45) is 0 Å². The number of rotatable bonds is 5. The van der Waals surface area contributed by atoms with Crippen molar-refractivity contribution in [3.8, 4) is 0 Å². The smallest absolute Gasteiger partial charge is 0.128 e. The van der Waals surface area contributed by atoms with E-state index in [0.717, 1.165) is 17.6 Å². The molecule has 2 aromatic rings.